The Morgan fingerprint density at radius 2 is 2.07 bits per heavy atom. The molecule has 0 aliphatic rings. The van der Waals surface area contributed by atoms with Crippen LogP contribution in [-0.4, -0.2) is 25.9 Å². The molecule has 0 unspecified atom stereocenters. The van der Waals surface area contributed by atoms with Crippen LogP contribution in [0, 0.1) is 13.8 Å². The van der Waals surface area contributed by atoms with Gasteiger partial charge >= 0.3 is 6.18 Å². The fourth-order valence-electron chi connectivity index (χ4n) is 2.38. The van der Waals surface area contributed by atoms with Gasteiger partial charge in [0.25, 0.3) is 5.91 Å². The summed E-state index contributed by atoms with van der Waals surface area (Å²) in [6.45, 7) is 3.22. The van der Waals surface area contributed by atoms with Gasteiger partial charge in [0.2, 0.25) is 0 Å². The zero-order valence-electron chi connectivity index (χ0n) is 14.8. The summed E-state index contributed by atoms with van der Waals surface area (Å²) in [6, 6.07) is 6.64. The van der Waals surface area contributed by atoms with E-state index in [1.54, 1.807) is 12.1 Å². The molecule has 2 N–H and O–H groups in total. The lowest BCUT2D eigenvalue weighted by Gasteiger charge is -2.09. The van der Waals surface area contributed by atoms with Crippen molar-refractivity contribution in [2.24, 2.45) is 0 Å². The number of H-pyrrole nitrogens is 1. The van der Waals surface area contributed by atoms with E-state index in [1.807, 2.05) is 13.0 Å². The highest BCUT2D eigenvalue weighted by Gasteiger charge is 2.38. The Morgan fingerprint density at radius 3 is 2.79 bits per heavy atom. The lowest BCUT2D eigenvalue weighted by atomic mass is 10.2. The average Bonchev–Trinajstić information content (AvgIpc) is 3.23. The maximum Gasteiger partial charge on any atom is 0.437 e. The van der Waals surface area contributed by atoms with Gasteiger partial charge in [0.05, 0.1) is 16.4 Å². The molecule has 0 fully saturated rings. The van der Waals surface area contributed by atoms with Crippen molar-refractivity contribution >= 4 is 23.2 Å². The maximum absolute atomic E-state index is 13.0. The molecule has 0 aliphatic heterocycles. The van der Waals surface area contributed by atoms with Crippen LogP contribution in [0.5, 0.6) is 5.75 Å². The van der Waals surface area contributed by atoms with E-state index in [4.69, 9.17) is 16.3 Å². The number of halogens is 4. The molecule has 2 heterocycles. The Labute approximate surface area is 162 Å². The molecule has 1 amide bonds. The summed E-state index contributed by atoms with van der Waals surface area (Å²) in [7, 11) is 0. The van der Waals surface area contributed by atoms with E-state index < -0.39 is 23.5 Å². The van der Waals surface area contributed by atoms with Gasteiger partial charge in [-0.2, -0.15) is 23.4 Å². The summed E-state index contributed by atoms with van der Waals surface area (Å²) >= 11 is 6.04. The van der Waals surface area contributed by atoms with Crippen LogP contribution in [-0.2, 0) is 12.9 Å². The predicted molar refractivity (Wildman–Crippen MR) is 95.3 cm³/mol. The molecular formula is C17H15ClF3N5O2. The Balaban J connectivity index is 1.70. The number of anilines is 1. The maximum atomic E-state index is 13.0. The molecule has 0 saturated heterocycles. The molecule has 0 aliphatic carbocycles. The first-order valence-corrected chi connectivity index (χ1v) is 8.39. The van der Waals surface area contributed by atoms with Crippen LogP contribution in [0.3, 0.4) is 0 Å². The van der Waals surface area contributed by atoms with Crippen molar-refractivity contribution in [1.29, 1.82) is 0 Å². The molecule has 3 rings (SSSR count). The monoisotopic (exact) mass is 413 g/mol. The summed E-state index contributed by atoms with van der Waals surface area (Å²) in [5, 5.41) is 12.0. The summed E-state index contributed by atoms with van der Waals surface area (Å²) in [5.74, 6) is -0.352. The number of carbonyl (C=O) groups excluding carboxylic acids is 1. The predicted octanol–water partition coefficient (Wildman–Crippen LogP) is 4.18. The van der Waals surface area contributed by atoms with Gasteiger partial charge < -0.3 is 10.1 Å². The minimum absolute atomic E-state index is 0.0327. The number of carbonyl (C=O) groups is 1. The fourth-order valence-corrected chi connectivity index (χ4v) is 2.55. The third kappa shape index (κ3) is 4.28. The molecular weight excluding hydrogens is 399 g/mol. The third-order valence-electron chi connectivity index (χ3n) is 3.77. The molecule has 3 aromatic rings. The topological polar surface area (TPSA) is 84.8 Å². The molecule has 0 saturated carbocycles. The van der Waals surface area contributed by atoms with Gasteiger partial charge in [-0.25, -0.2) is 4.68 Å². The number of hydrogen-bond acceptors (Lipinski definition) is 4. The molecule has 148 valence electrons. The number of benzene rings is 1. The van der Waals surface area contributed by atoms with Crippen molar-refractivity contribution in [3.63, 3.8) is 0 Å². The first kappa shape index (κ1) is 19.7. The van der Waals surface area contributed by atoms with Gasteiger partial charge in [0, 0.05) is 6.20 Å². The Morgan fingerprint density at radius 1 is 1.32 bits per heavy atom. The van der Waals surface area contributed by atoms with Crippen LogP contribution in [0.4, 0.5) is 18.9 Å². The van der Waals surface area contributed by atoms with Gasteiger partial charge in [0.15, 0.2) is 18.1 Å². The number of nitrogens with one attached hydrogen (secondary N) is 2. The lowest BCUT2D eigenvalue weighted by Crippen LogP contribution is -2.17. The van der Waals surface area contributed by atoms with Gasteiger partial charge in [-0.1, -0.05) is 17.7 Å². The van der Waals surface area contributed by atoms with Crippen LogP contribution in [0.1, 0.15) is 27.4 Å². The number of aromatic nitrogens is 4. The van der Waals surface area contributed by atoms with E-state index in [0.29, 0.717) is 10.8 Å². The summed E-state index contributed by atoms with van der Waals surface area (Å²) < 4.78 is 45.8. The lowest BCUT2D eigenvalue weighted by molar-refractivity contribution is -0.140. The van der Waals surface area contributed by atoms with E-state index in [0.717, 1.165) is 5.56 Å². The molecule has 2 aromatic heterocycles. The fraction of sp³-hybridized carbons (Fsp3) is 0.235. The van der Waals surface area contributed by atoms with Crippen molar-refractivity contribution in [1.82, 2.24) is 20.0 Å². The second-order valence-corrected chi connectivity index (χ2v) is 6.38. The average molecular weight is 414 g/mol. The molecule has 0 atom stereocenters. The van der Waals surface area contributed by atoms with Crippen LogP contribution in [0.25, 0.3) is 0 Å². The van der Waals surface area contributed by atoms with Crippen LogP contribution in [0.2, 0.25) is 5.02 Å². The molecule has 28 heavy (non-hydrogen) atoms. The van der Waals surface area contributed by atoms with Crippen LogP contribution >= 0.6 is 11.6 Å². The standard InChI is InChI=1S/C17H15ClF3N5O2/c1-9-3-4-11(18)13(7-9)28-8-26-6-5-12(25-26)16(27)22-14-10(2)23-24-15(14)17(19,20)21/h3-7H,8H2,1-2H3,(H,22,27)(H,23,24). The number of aromatic amines is 1. The second kappa shape index (κ2) is 7.55. The number of aryl methyl sites for hydroxylation is 2. The highest BCUT2D eigenvalue weighted by molar-refractivity contribution is 6.32. The largest absolute Gasteiger partial charge is 0.470 e. The highest BCUT2D eigenvalue weighted by atomic mass is 35.5. The van der Waals surface area contributed by atoms with Crippen molar-refractivity contribution in [3.8, 4) is 5.75 Å². The first-order chi connectivity index (χ1) is 13.1. The van der Waals surface area contributed by atoms with Gasteiger partial charge in [-0.15, -0.1) is 0 Å². The van der Waals surface area contributed by atoms with Crippen LogP contribution in [0.15, 0.2) is 30.5 Å². The number of alkyl halides is 3. The Bertz CT molecular complexity index is 1010. The van der Waals surface area contributed by atoms with E-state index in [2.05, 4.69) is 20.6 Å². The molecule has 7 nitrogen and oxygen atoms in total. The van der Waals surface area contributed by atoms with Crippen molar-refractivity contribution in [2.75, 3.05) is 5.32 Å². The molecule has 11 heteroatoms. The van der Waals surface area contributed by atoms with Crippen molar-refractivity contribution < 1.29 is 22.7 Å². The normalized spacial score (nSPS) is 11.5. The molecule has 1 aromatic carbocycles. The SMILES string of the molecule is Cc1ccc(Cl)c(OCn2ccc(C(=O)Nc3c(C(F)(F)F)n[nH]c3C)n2)c1. The Hall–Kier alpha value is -3.01. The van der Waals surface area contributed by atoms with Crippen LogP contribution < -0.4 is 10.1 Å². The van der Waals surface area contributed by atoms with Crippen molar-refractivity contribution in [3.05, 3.63) is 58.1 Å². The number of amides is 1. The number of hydrogen-bond donors (Lipinski definition) is 2. The highest BCUT2D eigenvalue weighted by Crippen LogP contribution is 2.34. The number of ether oxygens (including phenoxy) is 1. The zero-order chi connectivity index (χ0) is 20.5. The smallest absolute Gasteiger partial charge is 0.437 e. The van der Waals surface area contributed by atoms with Gasteiger partial charge in [0.1, 0.15) is 5.75 Å². The molecule has 0 radical (unpaired) electrons. The summed E-state index contributed by atoms with van der Waals surface area (Å²) in [4.78, 5) is 12.3. The van der Waals surface area contributed by atoms with Gasteiger partial charge in [-0.05, 0) is 37.6 Å². The van der Waals surface area contributed by atoms with E-state index in [9.17, 15) is 18.0 Å². The van der Waals surface area contributed by atoms with Gasteiger partial charge in [-0.3, -0.25) is 9.89 Å². The van der Waals surface area contributed by atoms with E-state index in [-0.39, 0.29) is 18.1 Å². The third-order valence-corrected chi connectivity index (χ3v) is 4.08. The first-order valence-electron chi connectivity index (χ1n) is 8.01. The van der Waals surface area contributed by atoms with E-state index in [1.165, 1.54) is 23.9 Å². The quantitative estimate of drug-likeness (QED) is 0.657. The molecule has 0 spiro atoms. The minimum atomic E-state index is -4.70. The summed E-state index contributed by atoms with van der Waals surface area (Å²) in [5.41, 5.74) is -0.675. The van der Waals surface area contributed by atoms with Crippen molar-refractivity contribution in [2.45, 2.75) is 26.8 Å². The second-order valence-electron chi connectivity index (χ2n) is 5.97. The molecule has 0 bridgehead atoms. The van der Waals surface area contributed by atoms with E-state index >= 15 is 0 Å². The summed E-state index contributed by atoms with van der Waals surface area (Å²) in [6.07, 6.45) is -3.24. The number of nitrogens with zero attached hydrogens (tertiary/aromatic N) is 3. The number of rotatable bonds is 5. The zero-order valence-corrected chi connectivity index (χ0v) is 15.5. The minimum Gasteiger partial charge on any atom is -0.470 e. The Kier molecular flexibility index (Phi) is 5.32.